The van der Waals surface area contributed by atoms with Crippen molar-refractivity contribution < 1.29 is 24.0 Å². The first-order chi connectivity index (χ1) is 16.4. The fourth-order valence-electron chi connectivity index (χ4n) is 6.26. The number of carbonyl (C=O) groups is 3. The van der Waals surface area contributed by atoms with Crippen LogP contribution in [-0.4, -0.2) is 36.2 Å². The van der Waals surface area contributed by atoms with Crippen LogP contribution in [0.3, 0.4) is 0 Å². The van der Waals surface area contributed by atoms with E-state index in [2.05, 4.69) is 5.16 Å². The second kappa shape index (κ2) is 7.82. The number of ether oxygens (including phenoxy) is 1. The standard InChI is InChI=1S/C25H20Cl2N2O5/c1-2-33-25(32)11-3-6-13(7-4-11)29-23(30)18-15-10-16(19(18)24(29)31)22-20(15)21(28-34-22)14-8-5-12(26)9-17(14)27/h3-9,15-16,18-20,22H,2,10H2,1H3/t15-,16-,18-,19-,20-,22+/m0/s1. The Morgan fingerprint density at radius 2 is 1.76 bits per heavy atom. The molecule has 0 unspecified atom stereocenters. The van der Waals surface area contributed by atoms with Gasteiger partial charge in [0.2, 0.25) is 11.8 Å². The van der Waals surface area contributed by atoms with Gasteiger partial charge in [-0.3, -0.25) is 14.5 Å². The van der Waals surface area contributed by atoms with E-state index in [0.29, 0.717) is 21.3 Å². The fraction of sp³-hybridized carbons (Fsp3) is 0.360. The molecule has 2 aliphatic heterocycles. The lowest BCUT2D eigenvalue weighted by Gasteiger charge is -2.30. The van der Waals surface area contributed by atoms with Crippen molar-refractivity contribution in [2.75, 3.05) is 11.5 Å². The molecule has 0 aromatic heterocycles. The van der Waals surface area contributed by atoms with Crippen LogP contribution in [0.2, 0.25) is 10.0 Å². The maximum absolute atomic E-state index is 13.5. The summed E-state index contributed by atoms with van der Waals surface area (Å²) >= 11 is 12.5. The van der Waals surface area contributed by atoms with E-state index in [0.717, 1.165) is 17.7 Å². The van der Waals surface area contributed by atoms with Crippen molar-refractivity contribution in [3.05, 3.63) is 63.6 Å². The minimum absolute atomic E-state index is 0.0618. The highest BCUT2D eigenvalue weighted by atomic mass is 35.5. The van der Waals surface area contributed by atoms with E-state index in [1.54, 1.807) is 43.3 Å². The lowest BCUT2D eigenvalue weighted by atomic mass is 9.71. The number of nitrogens with zero attached hydrogens (tertiary/aromatic N) is 2. The maximum atomic E-state index is 13.5. The van der Waals surface area contributed by atoms with Crippen molar-refractivity contribution in [2.45, 2.75) is 19.4 Å². The SMILES string of the molecule is CCOC(=O)c1ccc(N2C(=O)[C@H]3[C@@H]4C[C@H]([C@H]5C(c6ccc(Cl)cc6Cl)=NO[C@H]45)[C@@H]3C2=O)cc1. The zero-order valence-corrected chi connectivity index (χ0v) is 19.6. The van der Waals surface area contributed by atoms with Crippen LogP contribution in [-0.2, 0) is 19.2 Å². The monoisotopic (exact) mass is 498 g/mol. The Balaban J connectivity index is 1.29. The average molecular weight is 499 g/mol. The van der Waals surface area contributed by atoms with Crippen molar-refractivity contribution in [3.8, 4) is 0 Å². The van der Waals surface area contributed by atoms with E-state index in [-0.39, 0.29) is 42.3 Å². The van der Waals surface area contributed by atoms with E-state index in [9.17, 15) is 14.4 Å². The first-order valence-corrected chi connectivity index (χ1v) is 12.0. The molecule has 2 aromatic carbocycles. The number of esters is 1. The summed E-state index contributed by atoms with van der Waals surface area (Å²) in [7, 11) is 0. The molecule has 2 heterocycles. The Labute approximate surface area is 205 Å². The van der Waals surface area contributed by atoms with E-state index in [1.807, 2.05) is 6.07 Å². The first-order valence-electron chi connectivity index (χ1n) is 11.2. The summed E-state index contributed by atoms with van der Waals surface area (Å²) < 4.78 is 5.01. The Morgan fingerprint density at radius 1 is 1.06 bits per heavy atom. The van der Waals surface area contributed by atoms with Gasteiger partial charge in [-0.25, -0.2) is 4.79 Å². The van der Waals surface area contributed by atoms with Crippen LogP contribution in [0, 0.1) is 29.6 Å². The molecular weight excluding hydrogens is 479 g/mol. The Hall–Kier alpha value is -2.90. The molecule has 6 atom stereocenters. The molecule has 9 heteroatoms. The Kier molecular flexibility index (Phi) is 4.97. The number of fused-ring (bicyclic) bond motifs is 8. The molecule has 0 spiro atoms. The normalized spacial score (nSPS) is 30.8. The van der Waals surface area contributed by atoms with Crippen LogP contribution in [0.15, 0.2) is 47.6 Å². The van der Waals surface area contributed by atoms with Gasteiger partial charge in [0, 0.05) is 22.4 Å². The Bertz CT molecular complexity index is 1260. The molecule has 6 rings (SSSR count). The lowest BCUT2D eigenvalue weighted by molar-refractivity contribution is -0.125. The van der Waals surface area contributed by atoms with Gasteiger partial charge < -0.3 is 9.57 Å². The van der Waals surface area contributed by atoms with Crippen molar-refractivity contribution >= 4 is 52.4 Å². The summed E-state index contributed by atoms with van der Waals surface area (Å²) in [6.07, 6.45) is 0.484. The number of imide groups is 1. The summed E-state index contributed by atoms with van der Waals surface area (Å²) in [5.41, 5.74) is 2.28. The zero-order chi connectivity index (χ0) is 23.7. The molecule has 2 aromatic rings. The summed E-state index contributed by atoms with van der Waals surface area (Å²) in [6.45, 7) is 2.00. The fourth-order valence-corrected chi connectivity index (χ4v) is 6.77. The first kappa shape index (κ1) is 21.6. The van der Waals surface area contributed by atoms with Gasteiger partial charge in [-0.15, -0.1) is 0 Å². The molecular formula is C25H20Cl2N2O5. The second-order valence-electron chi connectivity index (χ2n) is 9.09. The van der Waals surface area contributed by atoms with Crippen LogP contribution in [0.4, 0.5) is 5.69 Å². The molecule has 4 aliphatic rings. The van der Waals surface area contributed by atoms with Gasteiger partial charge >= 0.3 is 5.97 Å². The third-order valence-corrected chi connectivity index (χ3v) is 8.08. The minimum atomic E-state index is -0.444. The quantitative estimate of drug-likeness (QED) is 0.462. The maximum Gasteiger partial charge on any atom is 0.338 e. The molecule has 3 fully saturated rings. The predicted molar refractivity (Wildman–Crippen MR) is 125 cm³/mol. The van der Waals surface area contributed by atoms with Crippen molar-refractivity contribution in [2.24, 2.45) is 34.7 Å². The van der Waals surface area contributed by atoms with Crippen molar-refractivity contribution in [1.82, 2.24) is 0 Å². The third-order valence-electron chi connectivity index (χ3n) is 7.53. The van der Waals surface area contributed by atoms with E-state index >= 15 is 0 Å². The molecule has 2 amide bonds. The number of benzene rings is 2. The summed E-state index contributed by atoms with van der Waals surface area (Å²) in [4.78, 5) is 46.0. The van der Waals surface area contributed by atoms with Crippen molar-refractivity contribution in [3.63, 3.8) is 0 Å². The highest BCUT2D eigenvalue weighted by Crippen LogP contribution is 2.62. The zero-order valence-electron chi connectivity index (χ0n) is 18.1. The third kappa shape index (κ3) is 2.96. The van der Waals surface area contributed by atoms with Crippen LogP contribution < -0.4 is 4.90 Å². The number of rotatable bonds is 4. The molecule has 2 saturated carbocycles. The molecule has 7 nitrogen and oxygen atoms in total. The van der Waals surface area contributed by atoms with Crippen LogP contribution in [0.1, 0.15) is 29.3 Å². The minimum Gasteiger partial charge on any atom is -0.462 e. The lowest BCUT2D eigenvalue weighted by Crippen LogP contribution is -2.41. The van der Waals surface area contributed by atoms with E-state index in [4.69, 9.17) is 32.8 Å². The molecule has 2 aliphatic carbocycles. The topological polar surface area (TPSA) is 85.3 Å². The van der Waals surface area contributed by atoms with Gasteiger partial charge in [0.1, 0.15) is 6.10 Å². The van der Waals surface area contributed by atoms with Gasteiger partial charge in [-0.05, 0) is 55.7 Å². The van der Waals surface area contributed by atoms with Crippen molar-refractivity contribution in [1.29, 1.82) is 0 Å². The highest BCUT2D eigenvalue weighted by Gasteiger charge is 2.70. The van der Waals surface area contributed by atoms with Crippen LogP contribution >= 0.6 is 23.2 Å². The van der Waals surface area contributed by atoms with Gasteiger partial charge in [0.05, 0.1) is 40.4 Å². The number of anilines is 1. The average Bonchev–Trinajstić information content (AvgIpc) is 3.55. The van der Waals surface area contributed by atoms with Crippen LogP contribution in [0.25, 0.3) is 0 Å². The molecule has 2 bridgehead atoms. The number of hydrogen-bond acceptors (Lipinski definition) is 6. The second-order valence-corrected chi connectivity index (χ2v) is 9.93. The largest absolute Gasteiger partial charge is 0.462 e. The molecule has 34 heavy (non-hydrogen) atoms. The van der Waals surface area contributed by atoms with Crippen LogP contribution in [0.5, 0.6) is 0 Å². The van der Waals surface area contributed by atoms with E-state index < -0.39 is 17.8 Å². The van der Waals surface area contributed by atoms with Gasteiger partial charge in [-0.1, -0.05) is 34.4 Å². The highest BCUT2D eigenvalue weighted by molar-refractivity contribution is 6.37. The smallest absolute Gasteiger partial charge is 0.338 e. The number of hydrogen-bond donors (Lipinski definition) is 0. The summed E-state index contributed by atoms with van der Waals surface area (Å²) in [5, 5.41) is 5.33. The van der Waals surface area contributed by atoms with Gasteiger partial charge in [0.15, 0.2) is 0 Å². The summed E-state index contributed by atoms with van der Waals surface area (Å²) in [6, 6.07) is 11.6. The van der Waals surface area contributed by atoms with Gasteiger partial charge in [-0.2, -0.15) is 0 Å². The molecule has 174 valence electrons. The molecule has 1 saturated heterocycles. The van der Waals surface area contributed by atoms with E-state index in [1.165, 1.54) is 4.90 Å². The number of carbonyl (C=O) groups excluding carboxylic acids is 3. The predicted octanol–water partition coefficient (Wildman–Crippen LogP) is 4.34. The summed E-state index contributed by atoms with van der Waals surface area (Å²) in [5.74, 6) is -1.99. The number of halogens is 2. The molecule has 0 N–H and O–H groups in total. The van der Waals surface area contributed by atoms with Gasteiger partial charge in [0.25, 0.3) is 0 Å². The number of oxime groups is 1. The molecule has 0 radical (unpaired) electrons. The number of amides is 2. The Morgan fingerprint density at radius 3 is 2.44 bits per heavy atom.